The van der Waals surface area contributed by atoms with Gasteiger partial charge in [0.15, 0.2) is 29.1 Å². The third-order valence-corrected chi connectivity index (χ3v) is 11.1. The maximum atomic E-state index is 12.0. The molecule has 3 aliphatic rings. The van der Waals surface area contributed by atoms with Crippen LogP contribution in [-0.2, 0) is 18.4 Å². The van der Waals surface area contributed by atoms with Crippen molar-refractivity contribution in [2.24, 2.45) is 5.41 Å². The van der Waals surface area contributed by atoms with Crippen LogP contribution >= 0.6 is 26.8 Å². The third kappa shape index (κ3) is 5.74. The van der Waals surface area contributed by atoms with Crippen molar-refractivity contribution in [3.63, 3.8) is 0 Å². The van der Waals surface area contributed by atoms with Crippen LogP contribution in [0.5, 0.6) is 0 Å². The van der Waals surface area contributed by atoms with E-state index in [0.717, 1.165) is 19.5 Å². The van der Waals surface area contributed by atoms with Crippen molar-refractivity contribution in [2.45, 2.75) is 63.1 Å². The van der Waals surface area contributed by atoms with Crippen LogP contribution in [0.3, 0.4) is 0 Å². The maximum absolute atomic E-state index is 12.0. The lowest BCUT2D eigenvalue weighted by molar-refractivity contribution is -0.0483. The Morgan fingerprint density at radius 2 is 1.84 bits per heavy atom. The highest BCUT2D eigenvalue weighted by atomic mass is 35.5. The van der Waals surface area contributed by atoms with Crippen LogP contribution < -0.4 is 4.90 Å². The summed E-state index contributed by atoms with van der Waals surface area (Å²) in [6.07, 6.45) is 3.04. The Morgan fingerprint density at radius 1 is 1.11 bits per heavy atom. The van der Waals surface area contributed by atoms with E-state index in [-0.39, 0.29) is 16.3 Å². The monoisotopic (exact) mass is 581 g/mol. The van der Waals surface area contributed by atoms with E-state index in [4.69, 9.17) is 30.6 Å². The fraction of sp³-hybridized carbons (Fsp3) is 0.750. The second kappa shape index (κ2) is 10.1. The number of nitrogens with zero attached hydrogens (tertiary/aromatic N) is 5. The van der Waals surface area contributed by atoms with Gasteiger partial charge in [-0.2, -0.15) is 9.97 Å². The number of ether oxygens (including phenoxy) is 1. The van der Waals surface area contributed by atoms with E-state index in [1.807, 2.05) is 0 Å². The van der Waals surface area contributed by atoms with E-state index in [1.165, 1.54) is 43.0 Å². The maximum Gasteiger partial charge on any atom is 0.340 e. The molecular formula is C20H30ClN5O9P2. The molecular weight excluding hydrogens is 552 g/mol. The molecule has 5 N–H and O–H groups in total. The smallest absolute Gasteiger partial charge is 0.340 e. The second-order valence-corrected chi connectivity index (χ2v) is 14.5. The zero-order valence-corrected chi connectivity index (χ0v) is 22.4. The van der Waals surface area contributed by atoms with E-state index in [9.17, 15) is 24.2 Å². The summed E-state index contributed by atoms with van der Waals surface area (Å²) in [5.74, 6) is -0.792. The molecule has 0 radical (unpaired) electrons. The van der Waals surface area contributed by atoms with Crippen molar-refractivity contribution >= 4 is 43.8 Å². The molecule has 14 nitrogen and oxygen atoms in total. The average molecular weight is 582 g/mol. The summed E-state index contributed by atoms with van der Waals surface area (Å²) in [6.45, 7) is 0.969. The van der Waals surface area contributed by atoms with Crippen molar-refractivity contribution in [1.29, 1.82) is 0 Å². The molecule has 1 aliphatic carbocycles. The molecule has 2 unspecified atom stereocenters. The van der Waals surface area contributed by atoms with Gasteiger partial charge in [0.05, 0.1) is 12.9 Å². The molecule has 2 aromatic rings. The number of aliphatic hydroxyl groups excluding tert-OH is 2. The first-order valence-electron chi connectivity index (χ1n) is 12.0. The Morgan fingerprint density at radius 3 is 2.54 bits per heavy atom. The lowest BCUT2D eigenvalue weighted by Crippen LogP contribution is -2.33. The van der Waals surface area contributed by atoms with Crippen molar-refractivity contribution < 1.29 is 43.3 Å². The first kappa shape index (κ1) is 27.4. The molecule has 4 heterocycles. The quantitative estimate of drug-likeness (QED) is 0.233. The normalized spacial score (nSPS) is 29.8. The Kier molecular flexibility index (Phi) is 7.47. The molecule has 206 valence electrons. The van der Waals surface area contributed by atoms with E-state index >= 15 is 0 Å². The molecule has 2 aromatic heterocycles. The van der Waals surface area contributed by atoms with Crippen LogP contribution in [0.15, 0.2) is 6.33 Å². The predicted octanol–water partition coefficient (Wildman–Crippen LogP) is 1.60. The lowest BCUT2D eigenvalue weighted by atomic mass is 9.73. The highest BCUT2D eigenvalue weighted by Gasteiger charge is 2.46. The number of rotatable bonds is 7. The van der Waals surface area contributed by atoms with E-state index in [2.05, 4.69) is 19.9 Å². The molecule has 0 amide bonds. The fourth-order valence-electron chi connectivity index (χ4n) is 5.67. The zero-order chi connectivity index (χ0) is 26.6. The van der Waals surface area contributed by atoms with E-state index < -0.39 is 52.2 Å². The number of halogens is 1. The van der Waals surface area contributed by atoms with E-state index in [0.29, 0.717) is 11.3 Å². The van der Waals surface area contributed by atoms with Gasteiger partial charge in [0.25, 0.3) is 0 Å². The summed E-state index contributed by atoms with van der Waals surface area (Å²) >= 11 is 6.28. The summed E-state index contributed by atoms with van der Waals surface area (Å²) in [6, 6.07) is 0. The van der Waals surface area contributed by atoms with Gasteiger partial charge >= 0.3 is 15.2 Å². The largest absolute Gasteiger partial charge is 0.387 e. The van der Waals surface area contributed by atoms with Crippen molar-refractivity contribution in [1.82, 2.24) is 19.5 Å². The summed E-state index contributed by atoms with van der Waals surface area (Å²) in [5, 5.41) is 21.1. The summed E-state index contributed by atoms with van der Waals surface area (Å²) in [7, 11) is -9.49. The van der Waals surface area contributed by atoms with Crippen LogP contribution in [0.1, 0.15) is 44.8 Å². The first-order valence-corrected chi connectivity index (χ1v) is 16.0. The van der Waals surface area contributed by atoms with Crippen LogP contribution in [-0.4, -0.2) is 88.3 Å². The molecule has 37 heavy (non-hydrogen) atoms. The molecule has 1 spiro atoms. The topological polar surface area (TPSA) is 201 Å². The Bertz CT molecular complexity index is 1250. The highest BCUT2D eigenvalue weighted by molar-refractivity contribution is 7.70. The van der Waals surface area contributed by atoms with Gasteiger partial charge in [-0.25, -0.2) is 4.98 Å². The van der Waals surface area contributed by atoms with Gasteiger partial charge in [0, 0.05) is 13.1 Å². The van der Waals surface area contributed by atoms with Gasteiger partial charge in [-0.15, -0.1) is 0 Å². The molecule has 17 heteroatoms. The molecule has 2 saturated heterocycles. The summed E-state index contributed by atoms with van der Waals surface area (Å²) in [4.78, 5) is 42.9. The Labute approximate surface area is 217 Å². The number of fused-ring (bicyclic) bond motifs is 1. The Hall–Kier alpha value is -1.18. The zero-order valence-electron chi connectivity index (χ0n) is 19.8. The van der Waals surface area contributed by atoms with Gasteiger partial charge in [-0.3, -0.25) is 13.7 Å². The van der Waals surface area contributed by atoms with Gasteiger partial charge in [0.2, 0.25) is 5.28 Å². The molecule has 2 aliphatic heterocycles. The molecule has 5 rings (SSSR count). The standard InChI is InChI=1S/C20H30ClN5O9P2/c21-19-23-16(25-7-6-20(9-25)4-2-1-3-5-20)13-17(24-19)26(10-22-13)18-15(28)14(27)12(35-18)8-34-37(32,33)11-36(29,30)31/h10,12,14-15,18,27-28H,1-9,11H2,(H,32,33)(H2,29,30,31)/t12-,14+,15?,18-/m1/s1. The third-order valence-electron chi connectivity index (χ3n) is 7.44. The molecule has 0 bridgehead atoms. The van der Waals surface area contributed by atoms with Gasteiger partial charge in [0.1, 0.15) is 18.3 Å². The van der Waals surface area contributed by atoms with Crippen molar-refractivity contribution in [3.05, 3.63) is 11.6 Å². The minimum absolute atomic E-state index is 0.0135. The molecule has 1 saturated carbocycles. The number of imidazole rings is 1. The number of aromatic nitrogens is 4. The van der Waals surface area contributed by atoms with Crippen molar-refractivity contribution in [3.8, 4) is 0 Å². The summed E-state index contributed by atoms with van der Waals surface area (Å²) < 4.78 is 34.9. The predicted molar refractivity (Wildman–Crippen MR) is 131 cm³/mol. The van der Waals surface area contributed by atoms with Crippen molar-refractivity contribution in [2.75, 3.05) is 30.5 Å². The van der Waals surface area contributed by atoms with Crippen LogP contribution in [0, 0.1) is 5.41 Å². The van der Waals surface area contributed by atoms with E-state index in [1.54, 1.807) is 0 Å². The second-order valence-electron chi connectivity index (χ2n) is 10.2. The minimum Gasteiger partial charge on any atom is -0.387 e. The minimum atomic E-state index is -4.82. The van der Waals surface area contributed by atoms with Gasteiger partial charge < -0.3 is 39.1 Å². The Balaban J connectivity index is 1.36. The SMILES string of the molecule is O=P(O)(O)CP(=O)(O)OC[C@H]1O[C@@H](n2cnc3c(N4CCC5(CCCCC5)C4)nc(Cl)nc32)C(O)[C@H]1O. The lowest BCUT2D eigenvalue weighted by Gasteiger charge is -2.33. The molecule has 5 atom stereocenters. The molecule has 0 aromatic carbocycles. The number of aliphatic hydroxyl groups is 2. The number of hydrogen-bond donors (Lipinski definition) is 5. The molecule has 3 fully saturated rings. The number of anilines is 1. The average Bonchev–Trinajstić information content (AvgIpc) is 3.48. The first-order chi connectivity index (χ1) is 17.4. The number of hydrogen-bond acceptors (Lipinski definition) is 10. The van der Waals surface area contributed by atoms with Crippen LogP contribution in [0.25, 0.3) is 11.2 Å². The summed E-state index contributed by atoms with van der Waals surface area (Å²) in [5.41, 5.74) is 1.01. The fourth-order valence-corrected chi connectivity index (χ4v) is 8.40. The van der Waals surface area contributed by atoms with Gasteiger partial charge in [-0.05, 0) is 36.3 Å². The van der Waals surface area contributed by atoms with Crippen LogP contribution in [0.2, 0.25) is 5.28 Å². The van der Waals surface area contributed by atoms with Crippen LogP contribution in [0.4, 0.5) is 5.82 Å². The highest BCUT2D eigenvalue weighted by Crippen LogP contribution is 2.55. The van der Waals surface area contributed by atoms with Gasteiger partial charge in [-0.1, -0.05) is 19.3 Å².